The number of aryl methyl sites for hydroxylation is 1. The van der Waals surface area contributed by atoms with Crippen molar-refractivity contribution >= 4 is 39.1 Å². The standard InChI is InChI=1S/C22H25ClN4O2S/c1-12-17(18(28)26-21(24-12)22(2,3)4)20(29)27-9-7-13(8-10-27)19-25-15-11-14(23)5-6-16(15)30-19/h5-6,11,13H,7-10H2,1-4H3,(H,24,26,28). The Balaban J connectivity index is 1.50. The molecular formula is C22H25ClN4O2S. The Morgan fingerprint density at radius 1 is 1.23 bits per heavy atom. The zero-order valence-electron chi connectivity index (χ0n) is 17.6. The number of aromatic nitrogens is 3. The number of carbonyl (C=O) groups is 1. The third kappa shape index (κ3) is 4.01. The van der Waals surface area contributed by atoms with E-state index in [1.54, 1.807) is 23.2 Å². The van der Waals surface area contributed by atoms with Gasteiger partial charge in [-0.25, -0.2) is 9.97 Å². The molecule has 6 nitrogen and oxygen atoms in total. The Labute approximate surface area is 184 Å². The fourth-order valence-corrected chi connectivity index (χ4v) is 5.06. The van der Waals surface area contributed by atoms with E-state index in [1.165, 1.54) is 0 Å². The average Bonchev–Trinajstić information content (AvgIpc) is 3.10. The number of benzene rings is 1. The molecule has 4 rings (SSSR count). The highest BCUT2D eigenvalue weighted by molar-refractivity contribution is 7.18. The third-order valence-corrected chi connectivity index (χ3v) is 6.96. The van der Waals surface area contributed by atoms with E-state index in [0.717, 1.165) is 28.1 Å². The molecule has 2 aromatic heterocycles. The number of rotatable bonds is 2. The van der Waals surface area contributed by atoms with Crippen molar-refractivity contribution in [1.82, 2.24) is 19.9 Å². The van der Waals surface area contributed by atoms with Gasteiger partial charge in [-0.15, -0.1) is 11.3 Å². The number of carbonyl (C=O) groups excluding carboxylic acids is 1. The van der Waals surface area contributed by atoms with Crippen LogP contribution in [0, 0.1) is 6.92 Å². The van der Waals surface area contributed by atoms with Crippen molar-refractivity contribution < 1.29 is 4.79 Å². The van der Waals surface area contributed by atoms with E-state index >= 15 is 0 Å². The highest BCUT2D eigenvalue weighted by Gasteiger charge is 2.30. The summed E-state index contributed by atoms with van der Waals surface area (Å²) in [5.41, 5.74) is 0.913. The van der Waals surface area contributed by atoms with Crippen molar-refractivity contribution in [3.63, 3.8) is 0 Å². The molecule has 1 aliphatic rings. The van der Waals surface area contributed by atoms with Crippen LogP contribution >= 0.6 is 22.9 Å². The van der Waals surface area contributed by atoms with Crippen LogP contribution < -0.4 is 5.56 Å². The summed E-state index contributed by atoms with van der Waals surface area (Å²) in [4.78, 5) is 39.5. The third-order valence-electron chi connectivity index (χ3n) is 5.52. The Hall–Kier alpha value is -2.25. The number of fused-ring (bicyclic) bond motifs is 1. The maximum absolute atomic E-state index is 13.1. The van der Waals surface area contributed by atoms with E-state index in [4.69, 9.17) is 16.6 Å². The monoisotopic (exact) mass is 444 g/mol. The van der Waals surface area contributed by atoms with Crippen LogP contribution in [0.2, 0.25) is 5.02 Å². The van der Waals surface area contributed by atoms with Gasteiger partial charge in [-0.2, -0.15) is 0 Å². The van der Waals surface area contributed by atoms with E-state index in [-0.39, 0.29) is 22.4 Å². The minimum absolute atomic E-state index is 0.149. The average molecular weight is 445 g/mol. The van der Waals surface area contributed by atoms with Crippen LogP contribution in [0.1, 0.15) is 66.4 Å². The molecule has 1 fully saturated rings. The minimum atomic E-state index is -0.359. The lowest BCUT2D eigenvalue weighted by atomic mass is 9.95. The second-order valence-electron chi connectivity index (χ2n) is 8.86. The van der Waals surface area contributed by atoms with Gasteiger partial charge < -0.3 is 9.88 Å². The maximum Gasteiger partial charge on any atom is 0.264 e. The number of hydrogen-bond donors (Lipinski definition) is 1. The number of H-pyrrole nitrogens is 1. The van der Waals surface area contributed by atoms with E-state index in [0.29, 0.717) is 35.5 Å². The van der Waals surface area contributed by atoms with Gasteiger partial charge in [0.15, 0.2) is 0 Å². The number of likely N-dealkylation sites (tertiary alicyclic amines) is 1. The zero-order chi connectivity index (χ0) is 21.6. The van der Waals surface area contributed by atoms with Gasteiger partial charge in [0.05, 0.1) is 20.9 Å². The van der Waals surface area contributed by atoms with Crippen LogP contribution in [0.4, 0.5) is 0 Å². The van der Waals surface area contributed by atoms with Gasteiger partial charge in [0, 0.05) is 29.4 Å². The van der Waals surface area contributed by atoms with Crippen molar-refractivity contribution in [2.75, 3.05) is 13.1 Å². The van der Waals surface area contributed by atoms with Crippen molar-refractivity contribution in [2.24, 2.45) is 0 Å². The molecule has 1 N–H and O–H groups in total. The Morgan fingerprint density at radius 3 is 2.57 bits per heavy atom. The van der Waals surface area contributed by atoms with Gasteiger partial charge in [0.2, 0.25) is 0 Å². The number of hydrogen-bond acceptors (Lipinski definition) is 5. The fraction of sp³-hybridized carbons (Fsp3) is 0.455. The molecule has 1 aromatic carbocycles. The summed E-state index contributed by atoms with van der Waals surface area (Å²) < 4.78 is 1.13. The molecule has 1 amide bonds. The molecule has 0 atom stereocenters. The van der Waals surface area contributed by atoms with Crippen LogP contribution in [0.15, 0.2) is 23.0 Å². The van der Waals surface area contributed by atoms with Crippen LogP contribution in [-0.2, 0) is 5.41 Å². The molecule has 3 heterocycles. The molecule has 1 aliphatic heterocycles. The Bertz CT molecular complexity index is 1170. The van der Waals surface area contributed by atoms with Crippen LogP contribution in [0.5, 0.6) is 0 Å². The van der Waals surface area contributed by atoms with Crippen LogP contribution in [0.25, 0.3) is 10.2 Å². The van der Waals surface area contributed by atoms with Crippen LogP contribution in [-0.4, -0.2) is 38.8 Å². The maximum atomic E-state index is 13.1. The molecule has 1 saturated heterocycles. The second kappa shape index (κ2) is 7.78. The number of halogens is 1. The van der Waals surface area contributed by atoms with Crippen LogP contribution in [0.3, 0.4) is 0 Å². The molecule has 0 bridgehead atoms. The molecular weight excluding hydrogens is 420 g/mol. The zero-order valence-corrected chi connectivity index (χ0v) is 19.2. The summed E-state index contributed by atoms with van der Waals surface area (Å²) >= 11 is 7.76. The SMILES string of the molecule is Cc1nc(C(C)(C)C)[nH]c(=O)c1C(=O)N1CCC(c2nc3cc(Cl)ccc3s2)CC1. The highest BCUT2D eigenvalue weighted by atomic mass is 35.5. The lowest BCUT2D eigenvalue weighted by Gasteiger charge is -2.31. The Kier molecular flexibility index (Phi) is 5.45. The van der Waals surface area contributed by atoms with Gasteiger partial charge in [0.25, 0.3) is 11.5 Å². The molecule has 0 aliphatic carbocycles. The molecule has 3 aromatic rings. The second-order valence-corrected chi connectivity index (χ2v) is 10.4. The van der Waals surface area contributed by atoms with Crippen molar-refractivity contribution in [3.05, 3.63) is 55.7 Å². The summed E-state index contributed by atoms with van der Waals surface area (Å²) in [7, 11) is 0. The van der Waals surface area contributed by atoms with Crippen molar-refractivity contribution in [1.29, 1.82) is 0 Å². The van der Waals surface area contributed by atoms with Gasteiger partial charge in [0.1, 0.15) is 11.4 Å². The van der Waals surface area contributed by atoms with Gasteiger partial charge >= 0.3 is 0 Å². The van der Waals surface area contributed by atoms with E-state index in [2.05, 4.69) is 9.97 Å². The smallest absolute Gasteiger partial charge is 0.264 e. The molecule has 8 heteroatoms. The first-order valence-corrected chi connectivity index (χ1v) is 11.3. The molecule has 0 radical (unpaired) electrons. The molecule has 158 valence electrons. The number of nitrogens with zero attached hydrogens (tertiary/aromatic N) is 3. The summed E-state index contributed by atoms with van der Waals surface area (Å²) in [6, 6.07) is 5.77. The largest absolute Gasteiger partial charge is 0.338 e. The van der Waals surface area contributed by atoms with Gasteiger partial charge in [-0.1, -0.05) is 32.4 Å². The number of thiazole rings is 1. The molecule has 30 heavy (non-hydrogen) atoms. The number of amides is 1. The normalized spacial score (nSPS) is 15.7. The first-order chi connectivity index (χ1) is 14.1. The van der Waals surface area contributed by atoms with Crippen molar-refractivity contribution in [3.8, 4) is 0 Å². The highest BCUT2D eigenvalue weighted by Crippen LogP contribution is 2.35. The Morgan fingerprint density at radius 2 is 1.93 bits per heavy atom. The predicted octanol–water partition coefficient (Wildman–Crippen LogP) is 4.66. The lowest BCUT2D eigenvalue weighted by Crippen LogP contribution is -2.41. The summed E-state index contributed by atoms with van der Waals surface area (Å²) in [6.07, 6.45) is 1.65. The summed E-state index contributed by atoms with van der Waals surface area (Å²) in [5, 5.41) is 1.77. The quantitative estimate of drug-likeness (QED) is 0.623. The molecule has 0 saturated carbocycles. The van der Waals surface area contributed by atoms with E-state index < -0.39 is 0 Å². The predicted molar refractivity (Wildman–Crippen MR) is 121 cm³/mol. The fourth-order valence-electron chi connectivity index (χ4n) is 3.77. The molecule has 0 spiro atoms. The summed E-state index contributed by atoms with van der Waals surface area (Å²) in [5.74, 6) is 0.665. The summed E-state index contributed by atoms with van der Waals surface area (Å²) in [6.45, 7) is 8.86. The lowest BCUT2D eigenvalue weighted by molar-refractivity contribution is 0.0709. The van der Waals surface area contributed by atoms with E-state index in [9.17, 15) is 9.59 Å². The first kappa shape index (κ1) is 21.0. The van der Waals surface area contributed by atoms with Gasteiger partial charge in [-0.05, 0) is 38.0 Å². The van der Waals surface area contributed by atoms with Gasteiger partial charge in [-0.3, -0.25) is 9.59 Å². The molecule has 0 unspecified atom stereocenters. The van der Waals surface area contributed by atoms with E-state index in [1.807, 2.05) is 39.0 Å². The van der Waals surface area contributed by atoms with Crippen molar-refractivity contribution in [2.45, 2.75) is 51.9 Å². The number of piperidine rings is 1. The number of nitrogens with one attached hydrogen (secondary N) is 1. The topological polar surface area (TPSA) is 79.0 Å². The first-order valence-electron chi connectivity index (χ1n) is 10.1. The minimum Gasteiger partial charge on any atom is -0.338 e. The number of aromatic amines is 1.